The molecule has 106 valence electrons. The SMILES string of the molecule is CCn1cncc1CNCCc1ccc([N+](=O)[O-])cc1. The van der Waals surface area contributed by atoms with Crippen molar-refractivity contribution in [1.29, 1.82) is 0 Å². The molecule has 0 saturated heterocycles. The van der Waals surface area contributed by atoms with Gasteiger partial charge in [0.15, 0.2) is 0 Å². The predicted molar refractivity (Wildman–Crippen MR) is 76.4 cm³/mol. The van der Waals surface area contributed by atoms with Crippen LogP contribution in [0.5, 0.6) is 0 Å². The van der Waals surface area contributed by atoms with E-state index in [1.54, 1.807) is 24.3 Å². The Bertz CT molecular complexity index is 563. The molecule has 0 atom stereocenters. The van der Waals surface area contributed by atoms with Gasteiger partial charge in [-0.15, -0.1) is 0 Å². The number of benzene rings is 1. The largest absolute Gasteiger partial charge is 0.334 e. The van der Waals surface area contributed by atoms with Crippen LogP contribution in [0.1, 0.15) is 18.2 Å². The maximum Gasteiger partial charge on any atom is 0.269 e. The lowest BCUT2D eigenvalue weighted by Crippen LogP contribution is -2.18. The summed E-state index contributed by atoms with van der Waals surface area (Å²) in [5.74, 6) is 0. The number of non-ortho nitro benzene ring substituents is 1. The summed E-state index contributed by atoms with van der Waals surface area (Å²) in [4.78, 5) is 14.3. The third kappa shape index (κ3) is 3.64. The first kappa shape index (κ1) is 14.2. The lowest BCUT2D eigenvalue weighted by atomic mass is 10.1. The van der Waals surface area contributed by atoms with Gasteiger partial charge in [0.25, 0.3) is 5.69 Å². The highest BCUT2D eigenvalue weighted by atomic mass is 16.6. The molecule has 0 spiro atoms. The van der Waals surface area contributed by atoms with E-state index in [0.29, 0.717) is 0 Å². The van der Waals surface area contributed by atoms with Gasteiger partial charge >= 0.3 is 0 Å². The number of hydrogen-bond acceptors (Lipinski definition) is 4. The van der Waals surface area contributed by atoms with Crippen LogP contribution in [0.3, 0.4) is 0 Å². The van der Waals surface area contributed by atoms with Gasteiger partial charge < -0.3 is 9.88 Å². The molecule has 0 fully saturated rings. The van der Waals surface area contributed by atoms with Gasteiger partial charge in [0.1, 0.15) is 0 Å². The van der Waals surface area contributed by atoms with Crippen molar-refractivity contribution in [3.63, 3.8) is 0 Å². The number of aryl methyl sites for hydroxylation is 1. The van der Waals surface area contributed by atoms with Crippen molar-refractivity contribution < 1.29 is 4.92 Å². The first-order valence-electron chi connectivity index (χ1n) is 6.63. The maximum atomic E-state index is 10.5. The summed E-state index contributed by atoms with van der Waals surface area (Å²) >= 11 is 0. The lowest BCUT2D eigenvalue weighted by molar-refractivity contribution is -0.384. The van der Waals surface area contributed by atoms with Crippen molar-refractivity contribution >= 4 is 5.69 Å². The number of hydrogen-bond donors (Lipinski definition) is 1. The quantitative estimate of drug-likeness (QED) is 0.477. The summed E-state index contributed by atoms with van der Waals surface area (Å²) in [6.45, 7) is 4.61. The lowest BCUT2D eigenvalue weighted by Gasteiger charge is -2.07. The first-order chi connectivity index (χ1) is 9.70. The van der Waals surface area contributed by atoms with Crippen LogP contribution in [-0.2, 0) is 19.5 Å². The third-order valence-corrected chi connectivity index (χ3v) is 3.18. The van der Waals surface area contributed by atoms with Gasteiger partial charge in [0.05, 0.1) is 16.9 Å². The number of nitrogens with zero attached hydrogens (tertiary/aromatic N) is 3. The minimum atomic E-state index is -0.381. The van der Waals surface area contributed by atoms with Crippen LogP contribution in [0, 0.1) is 10.1 Å². The molecular formula is C14H18N4O2. The Balaban J connectivity index is 1.77. The molecule has 0 unspecified atom stereocenters. The Kier molecular flexibility index (Phi) is 4.84. The summed E-state index contributed by atoms with van der Waals surface area (Å²) < 4.78 is 2.10. The molecule has 2 aromatic rings. The van der Waals surface area contributed by atoms with E-state index >= 15 is 0 Å². The summed E-state index contributed by atoms with van der Waals surface area (Å²) in [6.07, 6.45) is 4.54. The maximum absolute atomic E-state index is 10.5. The molecule has 1 N–H and O–H groups in total. The van der Waals surface area contributed by atoms with Crippen LogP contribution in [0.25, 0.3) is 0 Å². The molecule has 0 bridgehead atoms. The second kappa shape index (κ2) is 6.81. The highest BCUT2D eigenvalue weighted by Crippen LogP contribution is 2.11. The third-order valence-electron chi connectivity index (χ3n) is 3.18. The van der Waals surface area contributed by atoms with Gasteiger partial charge in [0, 0.05) is 31.4 Å². The number of nitro groups is 1. The van der Waals surface area contributed by atoms with Crippen molar-refractivity contribution in [3.05, 3.63) is 58.2 Å². The first-order valence-corrected chi connectivity index (χ1v) is 6.63. The van der Waals surface area contributed by atoms with Crippen LogP contribution >= 0.6 is 0 Å². The van der Waals surface area contributed by atoms with E-state index in [2.05, 4.69) is 21.8 Å². The molecule has 0 aliphatic heterocycles. The van der Waals surface area contributed by atoms with Crippen LogP contribution in [0.2, 0.25) is 0 Å². The molecule has 6 nitrogen and oxygen atoms in total. The van der Waals surface area contributed by atoms with Gasteiger partial charge in [0.2, 0.25) is 0 Å². The zero-order valence-electron chi connectivity index (χ0n) is 11.5. The zero-order chi connectivity index (χ0) is 14.4. The topological polar surface area (TPSA) is 73.0 Å². The van der Waals surface area contributed by atoms with Crippen LogP contribution in [0.4, 0.5) is 5.69 Å². The Morgan fingerprint density at radius 2 is 2.10 bits per heavy atom. The molecule has 1 aromatic carbocycles. The monoisotopic (exact) mass is 274 g/mol. The van der Waals surface area contributed by atoms with Crippen molar-refractivity contribution in [2.75, 3.05) is 6.54 Å². The average molecular weight is 274 g/mol. The molecule has 1 aromatic heterocycles. The van der Waals surface area contributed by atoms with Gasteiger partial charge in [-0.05, 0) is 25.5 Å². The van der Waals surface area contributed by atoms with E-state index in [-0.39, 0.29) is 10.6 Å². The summed E-state index contributed by atoms with van der Waals surface area (Å²) in [5.41, 5.74) is 2.39. The van der Waals surface area contributed by atoms with Crippen molar-refractivity contribution in [2.45, 2.75) is 26.4 Å². The van der Waals surface area contributed by atoms with E-state index in [1.165, 1.54) is 0 Å². The van der Waals surface area contributed by atoms with E-state index in [1.807, 2.05) is 12.5 Å². The number of imidazole rings is 1. The minimum absolute atomic E-state index is 0.133. The van der Waals surface area contributed by atoms with E-state index in [4.69, 9.17) is 0 Å². The Labute approximate surface area is 117 Å². The highest BCUT2D eigenvalue weighted by molar-refractivity contribution is 5.32. The Hall–Kier alpha value is -2.21. The molecule has 0 aliphatic carbocycles. The standard InChI is InChI=1S/C14H18N4O2/c1-2-17-11-16-10-14(17)9-15-8-7-12-3-5-13(6-4-12)18(19)20/h3-6,10-11,15H,2,7-9H2,1H3. The fourth-order valence-corrected chi connectivity index (χ4v) is 2.01. The minimum Gasteiger partial charge on any atom is -0.334 e. The highest BCUT2D eigenvalue weighted by Gasteiger charge is 2.04. The number of rotatable bonds is 7. The molecule has 0 radical (unpaired) electrons. The number of nitro benzene ring substituents is 1. The molecule has 20 heavy (non-hydrogen) atoms. The van der Waals surface area contributed by atoms with Crippen molar-refractivity contribution in [3.8, 4) is 0 Å². The molecular weight excluding hydrogens is 256 g/mol. The summed E-state index contributed by atoms with van der Waals surface area (Å²) in [6, 6.07) is 6.69. The smallest absolute Gasteiger partial charge is 0.269 e. The van der Waals surface area contributed by atoms with Crippen LogP contribution < -0.4 is 5.32 Å². The molecule has 0 amide bonds. The molecule has 0 aliphatic rings. The fourth-order valence-electron chi connectivity index (χ4n) is 2.01. The van der Waals surface area contributed by atoms with Gasteiger partial charge in [-0.25, -0.2) is 4.98 Å². The van der Waals surface area contributed by atoms with Gasteiger partial charge in [-0.2, -0.15) is 0 Å². The second-order valence-electron chi connectivity index (χ2n) is 4.52. The van der Waals surface area contributed by atoms with E-state index in [0.717, 1.165) is 37.3 Å². The number of nitrogens with one attached hydrogen (secondary N) is 1. The number of aromatic nitrogens is 2. The van der Waals surface area contributed by atoms with Gasteiger partial charge in [-0.3, -0.25) is 10.1 Å². The summed E-state index contributed by atoms with van der Waals surface area (Å²) in [5, 5.41) is 13.9. The summed E-state index contributed by atoms with van der Waals surface area (Å²) in [7, 11) is 0. The van der Waals surface area contributed by atoms with E-state index in [9.17, 15) is 10.1 Å². The van der Waals surface area contributed by atoms with Crippen molar-refractivity contribution in [2.24, 2.45) is 0 Å². The fraction of sp³-hybridized carbons (Fsp3) is 0.357. The average Bonchev–Trinajstić information content (AvgIpc) is 2.91. The molecule has 0 saturated carbocycles. The predicted octanol–water partition coefficient (Wildman–Crippen LogP) is 2.14. The van der Waals surface area contributed by atoms with E-state index < -0.39 is 0 Å². The van der Waals surface area contributed by atoms with Crippen LogP contribution in [-0.4, -0.2) is 21.0 Å². The second-order valence-corrected chi connectivity index (χ2v) is 4.52. The zero-order valence-corrected chi connectivity index (χ0v) is 11.5. The Morgan fingerprint density at radius 1 is 1.35 bits per heavy atom. The molecule has 1 heterocycles. The molecule has 6 heteroatoms. The van der Waals surface area contributed by atoms with Crippen LogP contribution in [0.15, 0.2) is 36.8 Å². The normalized spacial score (nSPS) is 10.7. The Morgan fingerprint density at radius 3 is 2.75 bits per heavy atom. The van der Waals surface area contributed by atoms with Gasteiger partial charge in [-0.1, -0.05) is 12.1 Å². The molecule has 2 rings (SSSR count). The van der Waals surface area contributed by atoms with Crippen molar-refractivity contribution in [1.82, 2.24) is 14.9 Å².